The van der Waals surface area contributed by atoms with Crippen molar-refractivity contribution < 1.29 is 15.3 Å². The van der Waals surface area contributed by atoms with E-state index in [9.17, 15) is 15.3 Å². The van der Waals surface area contributed by atoms with Crippen molar-refractivity contribution in [3.63, 3.8) is 0 Å². The van der Waals surface area contributed by atoms with Gasteiger partial charge in [0.05, 0.1) is 17.8 Å². The summed E-state index contributed by atoms with van der Waals surface area (Å²) in [6.45, 7) is 6.35. The van der Waals surface area contributed by atoms with Gasteiger partial charge in [0, 0.05) is 0 Å². The lowest BCUT2D eigenvalue weighted by molar-refractivity contribution is 0.0608. The second-order valence-corrected chi connectivity index (χ2v) is 10.8. The molecular weight excluding hydrogens is 348 g/mol. The highest BCUT2D eigenvalue weighted by molar-refractivity contribution is 5.26. The molecular formula is C25H42O3. The van der Waals surface area contributed by atoms with Crippen molar-refractivity contribution in [1.29, 1.82) is 0 Å². The van der Waals surface area contributed by atoms with E-state index in [4.69, 9.17) is 0 Å². The Morgan fingerprint density at radius 1 is 1.07 bits per heavy atom. The first kappa shape index (κ1) is 22.1. The van der Waals surface area contributed by atoms with Gasteiger partial charge in [-0.3, -0.25) is 0 Å². The molecule has 0 saturated heterocycles. The van der Waals surface area contributed by atoms with E-state index in [1.807, 2.05) is 13.8 Å². The quantitative estimate of drug-likeness (QED) is 0.540. The molecule has 3 aliphatic rings. The van der Waals surface area contributed by atoms with Crippen molar-refractivity contribution in [2.45, 2.75) is 116 Å². The van der Waals surface area contributed by atoms with Crippen molar-refractivity contribution >= 4 is 0 Å². The number of unbranched alkanes of at least 4 members (excludes halogenated alkanes) is 1. The number of aliphatic hydroxyl groups excluding tert-OH is 2. The number of rotatable bonds is 6. The maximum absolute atomic E-state index is 9.94. The van der Waals surface area contributed by atoms with Crippen LogP contribution in [0.3, 0.4) is 0 Å². The van der Waals surface area contributed by atoms with Gasteiger partial charge in [-0.2, -0.15) is 0 Å². The molecule has 0 amide bonds. The molecule has 3 rings (SSSR count). The fraction of sp³-hybridized carbons (Fsp3) is 0.840. The third-order valence-corrected chi connectivity index (χ3v) is 7.83. The van der Waals surface area contributed by atoms with Crippen molar-refractivity contribution in [2.75, 3.05) is 0 Å². The Bertz CT molecular complexity index is 573. The Morgan fingerprint density at radius 2 is 1.79 bits per heavy atom. The standard InChI is InChI=1S/C25H42O3/c1-24(2,28)13-5-4-8-20-11-12-23-19(7-6-14-25(20,23)3)10-9-18-15-21(26)17-22(27)16-18/h9-10,20-23,26-28H,4-8,11-17H2,1-3H3/b18-9-,19-10+/t20?,21?,22-,23?,25-/m1/s1. The van der Waals surface area contributed by atoms with Gasteiger partial charge in [0.25, 0.3) is 0 Å². The Kier molecular flexibility index (Phi) is 7.10. The van der Waals surface area contributed by atoms with E-state index in [1.165, 1.54) is 50.5 Å². The minimum absolute atomic E-state index is 0.384. The van der Waals surface area contributed by atoms with E-state index in [0.717, 1.165) is 18.8 Å². The van der Waals surface area contributed by atoms with Gasteiger partial charge < -0.3 is 15.3 Å². The molecule has 3 unspecified atom stereocenters. The van der Waals surface area contributed by atoms with Gasteiger partial charge in [-0.15, -0.1) is 0 Å². The lowest BCUT2D eigenvalue weighted by atomic mass is 9.62. The molecule has 0 aromatic carbocycles. The van der Waals surface area contributed by atoms with E-state index in [2.05, 4.69) is 19.1 Å². The third-order valence-electron chi connectivity index (χ3n) is 7.83. The van der Waals surface area contributed by atoms with Crippen LogP contribution in [0.15, 0.2) is 23.3 Å². The van der Waals surface area contributed by atoms with E-state index < -0.39 is 5.60 Å². The molecule has 3 fully saturated rings. The van der Waals surface area contributed by atoms with Crippen LogP contribution >= 0.6 is 0 Å². The van der Waals surface area contributed by atoms with Crippen LogP contribution < -0.4 is 0 Å². The molecule has 0 aliphatic heterocycles. The molecule has 0 aromatic heterocycles. The third kappa shape index (κ3) is 5.49. The summed E-state index contributed by atoms with van der Waals surface area (Å²) in [5.41, 5.74) is 2.71. The summed E-state index contributed by atoms with van der Waals surface area (Å²) in [5, 5.41) is 29.8. The second-order valence-electron chi connectivity index (χ2n) is 10.8. The van der Waals surface area contributed by atoms with Crippen LogP contribution in [0.1, 0.15) is 97.8 Å². The van der Waals surface area contributed by atoms with E-state index >= 15 is 0 Å². The zero-order valence-corrected chi connectivity index (χ0v) is 18.3. The van der Waals surface area contributed by atoms with Crippen LogP contribution in [-0.4, -0.2) is 33.1 Å². The normalized spacial score (nSPS) is 39.5. The summed E-state index contributed by atoms with van der Waals surface area (Å²) in [6, 6.07) is 0. The predicted octanol–water partition coefficient (Wildman–Crippen LogP) is 5.29. The SMILES string of the molecule is CC(C)(O)CCCCC1CCC2/C(=C/C=C3/CC(O)C[C@H](O)C3)CCC[C@]12C. The highest BCUT2D eigenvalue weighted by atomic mass is 16.3. The van der Waals surface area contributed by atoms with Gasteiger partial charge in [0.2, 0.25) is 0 Å². The van der Waals surface area contributed by atoms with Crippen LogP contribution in [0.25, 0.3) is 0 Å². The minimum atomic E-state index is -0.531. The Morgan fingerprint density at radius 3 is 2.46 bits per heavy atom. The molecule has 0 bridgehead atoms. The average molecular weight is 391 g/mol. The number of fused-ring (bicyclic) bond motifs is 1. The van der Waals surface area contributed by atoms with E-state index in [1.54, 1.807) is 5.57 Å². The van der Waals surface area contributed by atoms with Crippen LogP contribution in [0.2, 0.25) is 0 Å². The van der Waals surface area contributed by atoms with Gasteiger partial charge in [-0.05, 0) is 95.3 Å². The summed E-state index contributed by atoms with van der Waals surface area (Å²) in [7, 11) is 0. The molecule has 3 heteroatoms. The minimum Gasteiger partial charge on any atom is -0.393 e. The van der Waals surface area contributed by atoms with Crippen LogP contribution in [0.5, 0.6) is 0 Å². The van der Waals surface area contributed by atoms with Crippen molar-refractivity contribution in [2.24, 2.45) is 17.3 Å². The van der Waals surface area contributed by atoms with Crippen molar-refractivity contribution in [3.05, 3.63) is 23.3 Å². The maximum atomic E-state index is 9.94. The summed E-state index contributed by atoms with van der Waals surface area (Å²) < 4.78 is 0. The number of aliphatic hydroxyl groups is 3. The van der Waals surface area contributed by atoms with E-state index in [-0.39, 0.29) is 12.2 Å². The number of hydrogen-bond acceptors (Lipinski definition) is 3. The summed E-state index contributed by atoms with van der Waals surface area (Å²) in [4.78, 5) is 0. The number of hydrogen-bond donors (Lipinski definition) is 3. The molecule has 3 aliphatic carbocycles. The largest absolute Gasteiger partial charge is 0.393 e. The smallest absolute Gasteiger partial charge is 0.0602 e. The predicted molar refractivity (Wildman–Crippen MR) is 115 cm³/mol. The molecule has 28 heavy (non-hydrogen) atoms. The van der Waals surface area contributed by atoms with Gasteiger partial charge in [0.15, 0.2) is 0 Å². The van der Waals surface area contributed by atoms with Crippen LogP contribution in [0, 0.1) is 17.3 Å². The van der Waals surface area contributed by atoms with Crippen LogP contribution in [-0.2, 0) is 0 Å². The molecule has 0 radical (unpaired) electrons. The molecule has 0 aromatic rings. The average Bonchev–Trinajstić information content (AvgIpc) is 2.92. The second kappa shape index (κ2) is 9.02. The van der Waals surface area contributed by atoms with E-state index in [0.29, 0.717) is 30.6 Å². The zero-order chi connectivity index (χ0) is 20.4. The Hall–Kier alpha value is -0.640. The van der Waals surface area contributed by atoms with Gasteiger partial charge in [0.1, 0.15) is 0 Å². The van der Waals surface area contributed by atoms with Gasteiger partial charge in [-0.1, -0.05) is 43.1 Å². The molecule has 0 spiro atoms. The molecule has 5 atom stereocenters. The fourth-order valence-corrected chi connectivity index (χ4v) is 6.30. The van der Waals surface area contributed by atoms with Gasteiger partial charge >= 0.3 is 0 Å². The first-order valence-corrected chi connectivity index (χ1v) is 11.6. The molecule has 3 nitrogen and oxygen atoms in total. The Labute approximate surface area is 171 Å². The fourth-order valence-electron chi connectivity index (χ4n) is 6.30. The number of allylic oxidation sites excluding steroid dienone is 3. The van der Waals surface area contributed by atoms with Crippen molar-refractivity contribution in [3.8, 4) is 0 Å². The zero-order valence-electron chi connectivity index (χ0n) is 18.3. The first-order valence-electron chi connectivity index (χ1n) is 11.6. The molecule has 160 valence electrons. The molecule has 3 N–H and O–H groups in total. The lowest BCUT2D eigenvalue weighted by Crippen LogP contribution is -2.33. The summed E-state index contributed by atoms with van der Waals surface area (Å²) in [6.07, 6.45) is 16.8. The molecule has 3 saturated carbocycles. The maximum Gasteiger partial charge on any atom is 0.0602 e. The summed E-state index contributed by atoms with van der Waals surface area (Å²) >= 11 is 0. The van der Waals surface area contributed by atoms with Crippen LogP contribution in [0.4, 0.5) is 0 Å². The highest BCUT2D eigenvalue weighted by Crippen LogP contribution is 2.58. The molecule has 0 heterocycles. The van der Waals surface area contributed by atoms with Crippen molar-refractivity contribution in [1.82, 2.24) is 0 Å². The topological polar surface area (TPSA) is 60.7 Å². The Balaban J connectivity index is 1.61. The highest BCUT2D eigenvalue weighted by Gasteiger charge is 2.48. The monoisotopic (exact) mass is 390 g/mol. The lowest BCUT2D eigenvalue weighted by Gasteiger charge is -2.42. The summed E-state index contributed by atoms with van der Waals surface area (Å²) in [5.74, 6) is 1.52. The first-order chi connectivity index (χ1) is 13.2. The van der Waals surface area contributed by atoms with Gasteiger partial charge in [-0.25, -0.2) is 0 Å².